The predicted molar refractivity (Wildman–Crippen MR) is 93.5 cm³/mol. The van der Waals surface area contributed by atoms with E-state index in [1.54, 1.807) is 13.1 Å². The zero-order valence-corrected chi connectivity index (χ0v) is 15.1. The number of benzene rings is 1. The Morgan fingerprint density at radius 3 is 2.44 bits per heavy atom. The van der Waals surface area contributed by atoms with E-state index in [9.17, 15) is 19.1 Å². The Morgan fingerprint density at radius 1 is 1.28 bits per heavy atom. The largest absolute Gasteiger partial charge is 0.388 e. The van der Waals surface area contributed by atoms with Gasteiger partial charge in [-0.05, 0) is 30.9 Å². The Balaban J connectivity index is 2.07. The van der Waals surface area contributed by atoms with Crippen LogP contribution in [-0.2, 0) is 4.79 Å². The molecular weight excluding hydrogens is 323 g/mol. The number of carbonyl (C=O) groups excluding carboxylic acids is 2. The molecule has 1 aromatic rings. The number of halogens is 1. The Kier molecular flexibility index (Phi) is 6.16. The molecule has 0 radical (unpaired) electrons. The summed E-state index contributed by atoms with van der Waals surface area (Å²) >= 11 is 0. The Morgan fingerprint density at radius 2 is 1.88 bits per heavy atom. The van der Waals surface area contributed by atoms with Crippen molar-refractivity contribution in [1.82, 2.24) is 10.2 Å². The molecule has 2 rings (SSSR count). The van der Waals surface area contributed by atoms with Gasteiger partial charge in [0.2, 0.25) is 5.91 Å². The lowest BCUT2D eigenvalue weighted by atomic mass is 9.99. The van der Waals surface area contributed by atoms with Crippen LogP contribution < -0.4 is 5.32 Å². The first-order chi connectivity index (χ1) is 11.7. The van der Waals surface area contributed by atoms with Crippen LogP contribution in [0.2, 0.25) is 0 Å². The molecule has 1 aromatic carbocycles. The molecule has 1 aliphatic rings. The lowest BCUT2D eigenvalue weighted by Gasteiger charge is -2.32. The molecule has 0 spiro atoms. The van der Waals surface area contributed by atoms with Gasteiger partial charge in [0.1, 0.15) is 11.9 Å². The molecule has 138 valence electrons. The van der Waals surface area contributed by atoms with Gasteiger partial charge in [-0.25, -0.2) is 4.39 Å². The van der Waals surface area contributed by atoms with E-state index in [-0.39, 0.29) is 23.9 Å². The van der Waals surface area contributed by atoms with E-state index in [4.69, 9.17) is 0 Å². The summed E-state index contributed by atoms with van der Waals surface area (Å²) in [5, 5.41) is 13.1. The third kappa shape index (κ3) is 4.78. The van der Waals surface area contributed by atoms with Crippen molar-refractivity contribution in [3.8, 4) is 0 Å². The average molecular weight is 350 g/mol. The number of nitrogens with zero attached hydrogens (tertiary/aromatic N) is 1. The van der Waals surface area contributed by atoms with Crippen LogP contribution in [0, 0.1) is 11.7 Å². The minimum absolute atomic E-state index is 0.0852. The second-order valence-electron chi connectivity index (χ2n) is 7.30. The third-order valence-corrected chi connectivity index (χ3v) is 4.78. The van der Waals surface area contributed by atoms with Gasteiger partial charge in [-0.15, -0.1) is 0 Å². The normalized spacial score (nSPS) is 17.4. The SMILES string of the molecule is CC(C)C(NC(=O)c1ccccc1F)C(=O)N(C)CC1(O)CCCC1. The number of carbonyl (C=O) groups is 2. The molecule has 6 heteroatoms. The van der Waals surface area contributed by atoms with Gasteiger partial charge in [-0.2, -0.15) is 0 Å². The highest BCUT2D eigenvalue weighted by atomic mass is 19.1. The maximum Gasteiger partial charge on any atom is 0.254 e. The first-order valence-electron chi connectivity index (χ1n) is 8.76. The van der Waals surface area contributed by atoms with Crippen molar-refractivity contribution in [1.29, 1.82) is 0 Å². The molecular formula is C19H27FN2O3. The fourth-order valence-electron chi connectivity index (χ4n) is 3.33. The van der Waals surface area contributed by atoms with Crippen LogP contribution in [0.3, 0.4) is 0 Å². The first-order valence-corrected chi connectivity index (χ1v) is 8.76. The van der Waals surface area contributed by atoms with Crippen LogP contribution in [0.4, 0.5) is 4.39 Å². The second kappa shape index (κ2) is 7.95. The molecule has 0 aliphatic heterocycles. The molecule has 2 N–H and O–H groups in total. The fraction of sp³-hybridized carbons (Fsp3) is 0.579. The van der Waals surface area contributed by atoms with E-state index in [2.05, 4.69) is 5.32 Å². The van der Waals surface area contributed by atoms with Crippen LogP contribution in [-0.4, -0.2) is 47.1 Å². The predicted octanol–water partition coefficient (Wildman–Crippen LogP) is 2.34. The quantitative estimate of drug-likeness (QED) is 0.827. The van der Waals surface area contributed by atoms with Gasteiger partial charge in [0, 0.05) is 13.6 Å². The minimum atomic E-state index is -0.846. The number of aliphatic hydroxyl groups is 1. The zero-order chi connectivity index (χ0) is 18.6. The lowest BCUT2D eigenvalue weighted by molar-refractivity contribution is -0.136. The van der Waals surface area contributed by atoms with Crippen LogP contribution in [0.25, 0.3) is 0 Å². The second-order valence-corrected chi connectivity index (χ2v) is 7.30. The summed E-state index contributed by atoms with van der Waals surface area (Å²) in [5.41, 5.74) is -0.931. The highest BCUT2D eigenvalue weighted by Crippen LogP contribution is 2.30. The molecule has 0 heterocycles. The van der Waals surface area contributed by atoms with Crippen molar-refractivity contribution in [3.63, 3.8) is 0 Å². The molecule has 0 saturated heterocycles. The van der Waals surface area contributed by atoms with Gasteiger partial charge in [-0.3, -0.25) is 9.59 Å². The van der Waals surface area contributed by atoms with Crippen LogP contribution in [0.5, 0.6) is 0 Å². The number of amides is 2. The Labute approximate surface area is 148 Å². The first kappa shape index (κ1) is 19.4. The van der Waals surface area contributed by atoms with Gasteiger partial charge in [0.05, 0.1) is 11.2 Å². The molecule has 2 amide bonds. The molecule has 1 saturated carbocycles. The number of likely N-dealkylation sites (N-methyl/N-ethyl adjacent to an activating group) is 1. The van der Waals surface area contributed by atoms with Crippen LogP contribution >= 0.6 is 0 Å². The number of rotatable bonds is 6. The van der Waals surface area contributed by atoms with E-state index in [0.717, 1.165) is 12.8 Å². The molecule has 1 atom stereocenters. The summed E-state index contributed by atoms with van der Waals surface area (Å²) in [5.74, 6) is -1.68. The average Bonchev–Trinajstić information content (AvgIpc) is 2.98. The van der Waals surface area contributed by atoms with Gasteiger partial charge >= 0.3 is 0 Å². The number of nitrogens with one attached hydrogen (secondary N) is 1. The number of hydrogen-bond acceptors (Lipinski definition) is 3. The lowest BCUT2D eigenvalue weighted by Crippen LogP contribution is -2.53. The van der Waals surface area contributed by atoms with E-state index >= 15 is 0 Å². The summed E-state index contributed by atoms with van der Waals surface area (Å²) in [6.45, 7) is 3.88. The summed E-state index contributed by atoms with van der Waals surface area (Å²) in [6.07, 6.45) is 3.27. The summed E-state index contributed by atoms with van der Waals surface area (Å²) < 4.78 is 13.8. The molecule has 1 aliphatic carbocycles. The highest BCUT2D eigenvalue weighted by molar-refractivity contribution is 5.97. The van der Waals surface area contributed by atoms with Gasteiger partial charge in [-0.1, -0.05) is 38.8 Å². The third-order valence-electron chi connectivity index (χ3n) is 4.78. The number of hydrogen-bond donors (Lipinski definition) is 2. The maximum absolute atomic E-state index is 13.8. The van der Waals surface area contributed by atoms with Crippen molar-refractivity contribution in [3.05, 3.63) is 35.6 Å². The monoisotopic (exact) mass is 350 g/mol. The zero-order valence-electron chi connectivity index (χ0n) is 15.1. The summed E-state index contributed by atoms with van der Waals surface area (Å²) in [6, 6.07) is 4.90. The van der Waals surface area contributed by atoms with E-state index in [1.807, 2.05) is 13.8 Å². The summed E-state index contributed by atoms with van der Waals surface area (Å²) in [7, 11) is 1.63. The van der Waals surface area contributed by atoms with Gasteiger partial charge in [0.15, 0.2) is 0 Å². The standard InChI is InChI=1S/C19H27FN2O3/c1-13(2)16(21-17(23)14-8-4-5-9-15(14)20)18(24)22(3)12-19(25)10-6-7-11-19/h4-5,8-9,13,16,25H,6-7,10-12H2,1-3H3,(H,21,23). The smallest absolute Gasteiger partial charge is 0.254 e. The van der Waals surface area contributed by atoms with Crippen molar-refractivity contribution >= 4 is 11.8 Å². The summed E-state index contributed by atoms with van der Waals surface area (Å²) in [4.78, 5) is 26.6. The minimum Gasteiger partial charge on any atom is -0.388 e. The van der Waals surface area contributed by atoms with Crippen molar-refractivity contribution in [2.24, 2.45) is 5.92 Å². The van der Waals surface area contributed by atoms with E-state index < -0.39 is 23.4 Å². The molecule has 25 heavy (non-hydrogen) atoms. The van der Waals surface area contributed by atoms with Gasteiger partial charge in [0.25, 0.3) is 5.91 Å². The van der Waals surface area contributed by atoms with Crippen molar-refractivity contribution in [2.45, 2.75) is 51.2 Å². The van der Waals surface area contributed by atoms with Crippen molar-refractivity contribution < 1.29 is 19.1 Å². The molecule has 1 unspecified atom stereocenters. The van der Waals surface area contributed by atoms with E-state index in [0.29, 0.717) is 12.8 Å². The van der Waals surface area contributed by atoms with Crippen LogP contribution in [0.1, 0.15) is 49.9 Å². The Bertz CT molecular complexity index is 627. The maximum atomic E-state index is 13.8. The highest BCUT2D eigenvalue weighted by Gasteiger charge is 2.36. The Hall–Kier alpha value is -1.95. The van der Waals surface area contributed by atoms with Crippen LogP contribution in [0.15, 0.2) is 24.3 Å². The molecule has 0 aromatic heterocycles. The van der Waals surface area contributed by atoms with E-state index in [1.165, 1.54) is 23.1 Å². The molecule has 5 nitrogen and oxygen atoms in total. The van der Waals surface area contributed by atoms with Crippen molar-refractivity contribution in [2.75, 3.05) is 13.6 Å². The molecule has 0 bridgehead atoms. The topological polar surface area (TPSA) is 69.6 Å². The fourth-order valence-corrected chi connectivity index (χ4v) is 3.33. The molecule has 1 fully saturated rings. The van der Waals surface area contributed by atoms with Gasteiger partial charge < -0.3 is 15.3 Å².